The molecule has 0 aliphatic carbocycles. The fourth-order valence-electron chi connectivity index (χ4n) is 3.51. The molecule has 1 aromatic heterocycles. The highest BCUT2D eigenvalue weighted by molar-refractivity contribution is 9.10. The van der Waals surface area contributed by atoms with E-state index in [4.69, 9.17) is 16.3 Å². The van der Waals surface area contributed by atoms with Crippen LogP contribution in [0.4, 0.5) is 0 Å². The van der Waals surface area contributed by atoms with Gasteiger partial charge in [-0.3, -0.25) is 9.89 Å². The Morgan fingerprint density at radius 3 is 2.75 bits per heavy atom. The summed E-state index contributed by atoms with van der Waals surface area (Å²) in [5.41, 5.74) is 3.07. The van der Waals surface area contributed by atoms with Crippen molar-refractivity contribution in [2.24, 2.45) is 0 Å². The number of amides is 1. The van der Waals surface area contributed by atoms with Gasteiger partial charge in [-0.15, -0.1) is 0 Å². The first-order chi connectivity index (χ1) is 13.5. The summed E-state index contributed by atoms with van der Waals surface area (Å²) in [6.45, 7) is 0.841. The van der Waals surface area contributed by atoms with E-state index in [1.165, 1.54) is 6.07 Å². The fraction of sp³-hybridized carbons (Fsp3) is 0.200. The summed E-state index contributed by atoms with van der Waals surface area (Å²) >= 11 is 9.58. The molecule has 1 atom stereocenters. The number of rotatable bonds is 5. The SMILES string of the molecule is COCCN1C(=O)c2[nH]nc(-c3cc(Cl)ccc3O)c2C1c1ccc(Br)cc1. The van der Waals surface area contributed by atoms with E-state index in [0.717, 1.165) is 15.6 Å². The average Bonchev–Trinajstić information content (AvgIpc) is 3.22. The van der Waals surface area contributed by atoms with Crippen LogP contribution in [0.5, 0.6) is 5.75 Å². The van der Waals surface area contributed by atoms with Crippen molar-refractivity contribution >= 4 is 33.4 Å². The van der Waals surface area contributed by atoms with Crippen molar-refractivity contribution in [1.82, 2.24) is 15.1 Å². The molecule has 2 heterocycles. The number of hydrogen-bond acceptors (Lipinski definition) is 4. The van der Waals surface area contributed by atoms with E-state index in [9.17, 15) is 9.90 Å². The number of carbonyl (C=O) groups is 1. The fourth-order valence-corrected chi connectivity index (χ4v) is 3.95. The summed E-state index contributed by atoms with van der Waals surface area (Å²) in [4.78, 5) is 14.8. The zero-order valence-electron chi connectivity index (χ0n) is 14.9. The molecule has 1 unspecified atom stereocenters. The zero-order valence-corrected chi connectivity index (χ0v) is 17.3. The van der Waals surface area contributed by atoms with E-state index in [2.05, 4.69) is 26.1 Å². The van der Waals surface area contributed by atoms with Crippen molar-refractivity contribution in [3.63, 3.8) is 0 Å². The van der Waals surface area contributed by atoms with E-state index in [1.807, 2.05) is 24.3 Å². The van der Waals surface area contributed by atoms with E-state index >= 15 is 0 Å². The van der Waals surface area contributed by atoms with Crippen molar-refractivity contribution in [2.45, 2.75) is 6.04 Å². The van der Waals surface area contributed by atoms with Gasteiger partial charge in [0.2, 0.25) is 0 Å². The minimum absolute atomic E-state index is 0.0519. The lowest BCUT2D eigenvalue weighted by Gasteiger charge is -2.26. The van der Waals surface area contributed by atoms with Crippen molar-refractivity contribution in [3.8, 4) is 17.0 Å². The number of halogens is 2. The van der Waals surface area contributed by atoms with Gasteiger partial charge in [0.25, 0.3) is 5.91 Å². The van der Waals surface area contributed by atoms with Crippen molar-refractivity contribution in [1.29, 1.82) is 0 Å². The van der Waals surface area contributed by atoms with Gasteiger partial charge in [-0.2, -0.15) is 5.10 Å². The molecule has 144 valence electrons. The number of ether oxygens (including phenoxy) is 1. The summed E-state index contributed by atoms with van der Waals surface area (Å²) in [6.07, 6.45) is 0. The van der Waals surface area contributed by atoms with E-state index < -0.39 is 0 Å². The maximum atomic E-state index is 13.1. The van der Waals surface area contributed by atoms with Gasteiger partial charge in [-0.25, -0.2) is 0 Å². The van der Waals surface area contributed by atoms with Gasteiger partial charge < -0.3 is 14.7 Å². The Morgan fingerprint density at radius 2 is 2.04 bits per heavy atom. The Kier molecular flexibility index (Phi) is 5.14. The Morgan fingerprint density at radius 1 is 1.29 bits per heavy atom. The number of nitrogens with one attached hydrogen (secondary N) is 1. The lowest BCUT2D eigenvalue weighted by atomic mass is 9.96. The lowest BCUT2D eigenvalue weighted by molar-refractivity contribution is 0.0677. The van der Waals surface area contributed by atoms with Crippen molar-refractivity contribution in [3.05, 3.63) is 68.8 Å². The number of benzene rings is 2. The molecule has 2 aromatic carbocycles. The quantitative estimate of drug-likeness (QED) is 0.589. The monoisotopic (exact) mass is 461 g/mol. The number of hydrogen-bond donors (Lipinski definition) is 2. The number of fused-ring (bicyclic) bond motifs is 1. The molecule has 0 radical (unpaired) electrons. The molecular weight excluding hydrogens is 446 g/mol. The third-order valence-electron chi connectivity index (χ3n) is 4.80. The van der Waals surface area contributed by atoms with E-state index in [1.54, 1.807) is 24.1 Å². The second-order valence-corrected chi connectivity index (χ2v) is 7.82. The standard InChI is InChI=1S/C20H17BrClN3O3/c1-28-9-8-25-19(11-2-4-12(21)5-3-11)16-17(23-24-18(16)20(25)27)14-10-13(22)6-7-15(14)26/h2-7,10,19,26H,8-9H2,1H3,(H,23,24). The first kappa shape index (κ1) is 19.0. The van der Waals surface area contributed by atoms with Crippen LogP contribution >= 0.6 is 27.5 Å². The summed E-state index contributed by atoms with van der Waals surface area (Å²) in [5.74, 6) is -0.101. The zero-order chi connectivity index (χ0) is 19.8. The Labute approximate surface area is 175 Å². The maximum absolute atomic E-state index is 13.1. The molecule has 8 heteroatoms. The van der Waals surface area contributed by atoms with Crippen LogP contribution in [0.3, 0.4) is 0 Å². The van der Waals surface area contributed by atoms with Gasteiger partial charge in [0.1, 0.15) is 17.1 Å². The number of aromatic amines is 1. The minimum Gasteiger partial charge on any atom is -0.507 e. The number of aromatic hydroxyl groups is 1. The number of H-pyrrole nitrogens is 1. The van der Waals surface area contributed by atoms with Crippen LogP contribution in [0.1, 0.15) is 27.7 Å². The molecule has 0 fully saturated rings. The van der Waals surface area contributed by atoms with Crippen LogP contribution < -0.4 is 0 Å². The number of nitrogens with zero attached hydrogens (tertiary/aromatic N) is 2. The number of carbonyl (C=O) groups excluding carboxylic acids is 1. The van der Waals surface area contributed by atoms with Gasteiger partial charge >= 0.3 is 0 Å². The van der Waals surface area contributed by atoms with Crippen LogP contribution in [-0.4, -0.2) is 46.4 Å². The number of phenols is 1. The molecule has 0 saturated heterocycles. The van der Waals surface area contributed by atoms with Gasteiger partial charge in [0, 0.05) is 34.3 Å². The van der Waals surface area contributed by atoms with E-state index in [0.29, 0.717) is 35.1 Å². The highest BCUT2D eigenvalue weighted by Gasteiger charge is 2.42. The molecular formula is C20H17BrClN3O3. The lowest BCUT2D eigenvalue weighted by Crippen LogP contribution is -2.32. The highest BCUT2D eigenvalue weighted by Crippen LogP contribution is 2.44. The molecule has 28 heavy (non-hydrogen) atoms. The molecule has 1 aliphatic heterocycles. The van der Waals surface area contributed by atoms with Crippen molar-refractivity contribution < 1.29 is 14.6 Å². The van der Waals surface area contributed by atoms with Crippen LogP contribution in [0.2, 0.25) is 5.02 Å². The maximum Gasteiger partial charge on any atom is 0.273 e. The normalized spacial score (nSPS) is 15.9. The largest absolute Gasteiger partial charge is 0.507 e. The topological polar surface area (TPSA) is 78.5 Å². The first-order valence-corrected chi connectivity index (χ1v) is 9.81. The van der Waals surface area contributed by atoms with Gasteiger partial charge in [0.05, 0.1) is 12.6 Å². The van der Waals surface area contributed by atoms with Crippen LogP contribution in [0.15, 0.2) is 46.9 Å². The van der Waals surface area contributed by atoms with Gasteiger partial charge in [0.15, 0.2) is 0 Å². The molecule has 1 amide bonds. The molecule has 0 bridgehead atoms. The highest BCUT2D eigenvalue weighted by atomic mass is 79.9. The summed E-state index contributed by atoms with van der Waals surface area (Å²) in [6, 6.07) is 12.2. The summed E-state index contributed by atoms with van der Waals surface area (Å²) in [7, 11) is 1.60. The minimum atomic E-state index is -0.349. The van der Waals surface area contributed by atoms with Crippen LogP contribution in [0.25, 0.3) is 11.3 Å². The second kappa shape index (κ2) is 7.58. The van der Waals surface area contributed by atoms with Crippen molar-refractivity contribution in [2.75, 3.05) is 20.3 Å². The molecule has 6 nitrogen and oxygen atoms in total. The molecule has 4 rings (SSSR count). The predicted octanol–water partition coefficient (Wildman–Crippen LogP) is 4.39. The Hall–Kier alpha value is -2.35. The molecule has 1 aliphatic rings. The number of methoxy groups -OCH3 is 1. The number of phenolic OH excluding ortho intramolecular Hbond substituents is 1. The Balaban J connectivity index is 1.89. The van der Waals surface area contributed by atoms with Gasteiger partial charge in [-0.1, -0.05) is 39.7 Å². The summed E-state index contributed by atoms with van der Waals surface area (Å²) < 4.78 is 6.14. The molecule has 0 saturated carbocycles. The molecule has 2 N–H and O–H groups in total. The smallest absolute Gasteiger partial charge is 0.273 e. The molecule has 0 spiro atoms. The predicted molar refractivity (Wildman–Crippen MR) is 110 cm³/mol. The van der Waals surface area contributed by atoms with Crippen LogP contribution in [-0.2, 0) is 4.74 Å². The summed E-state index contributed by atoms with van der Waals surface area (Å²) in [5, 5.41) is 18.0. The van der Waals surface area contributed by atoms with Gasteiger partial charge in [-0.05, 0) is 35.9 Å². The van der Waals surface area contributed by atoms with Crippen LogP contribution in [0, 0.1) is 0 Å². The molecule has 3 aromatic rings. The average molecular weight is 463 g/mol. The Bertz CT molecular complexity index is 1040. The second-order valence-electron chi connectivity index (χ2n) is 6.47. The third-order valence-corrected chi connectivity index (χ3v) is 5.56. The number of aromatic nitrogens is 2. The first-order valence-electron chi connectivity index (χ1n) is 8.63. The van der Waals surface area contributed by atoms with E-state index in [-0.39, 0.29) is 17.7 Å². The third kappa shape index (κ3) is 3.19.